The Labute approximate surface area is 198 Å². The van der Waals surface area contributed by atoms with Crippen LogP contribution < -0.4 is 19.9 Å². The van der Waals surface area contributed by atoms with Gasteiger partial charge in [0.05, 0.1) is 23.4 Å². The van der Waals surface area contributed by atoms with E-state index in [9.17, 15) is 9.59 Å². The zero-order chi connectivity index (χ0) is 23.7. The number of carbonyl (C=O) groups is 2. The molecule has 1 heterocycles. The van der Waals surface area contributed by atoms with E-state index >= 15 is 0 Å². The Bertz CT molecular complexity index is 1250. The molecule has 1 aliphatic rings. The van der Waals surface area contributed by atoms with Gasteiger partial charge >= 0.3 is 0 Å². The molecule has 33 heavy (non-hydrogen) atoms. The van der Waals surface area contributed by atoms with Crippen molar-refractivity contribution in [1.82, 2.24) is 0 Å². The molecule has 0 bridgehead atoms. The summed E-state index contributed by atoms with van der Waals surface area (Å²) in [7, 11) is 5.39. The first-order valence-corrected chi connectivity index (χ1v) is 10.8. The Morgan fingerprint density at radius 1 is 0.909 bits per heavy atom. The van der Waals surface area contributed by atoms with Crippen LogP contribution in [0, 0.1) is 6.92 Å². The van der Waals surface area contributed by atoms with Crippen LogP contribution in [0.4, 0.5) is 17.1 Å². The quantitative estimate of drug-likeness (QED) is 0.516. The maximum absolute atomic E-state index is 13.5. The van der Waals surface area contributed by atoms with Gasteiger partial charge in [0.1, 0.15) is 11.4 Å². The van der Waals surface area contributed by atoms with E-state index in [2.05, 4.69) is 5.32 Å². The van der Waals surface area contributed by atoms with Gasteiger partial charge < -0.3 is 15.0 Å². The van der Waals surface area contributed by atoms with Gasteiger partial charge in [0.25, 0.3) is 11.8 Å². The number of halogens is 1. The summed E-state index contributed by atoms with van der Waals surface area (Å²) in [4.78, 5) is 30.2. The molecule has 0 saturated heterocycles. The van der Waals surface area contributed by atoms with Gasteiger partial charge in [-0.25, -0.2) is 4.90 Å². The number of rotatable bonds is 6. The molecule has 0 saturated carbocycles. The second-order valence-corrected chi connectivity index (χ2v) is 8.35. The Balaban J connectivity index is 1.77. The zero-order valence-corrected chi connectivity index (χ0v) is 19.6. The third kappa shape index (κ3) is 4.30. The Morgan fingerprint density at radius 3 is 2.15 bits per heavy atom. The van der Waals surface area contributed by atoms with E-state index in [0.717, 1.165) is 11.3 Å². The number of hydrogen-bond acceptors (Lipinski definition) is 5. The van der Waals surface area contributed by atoms with E-state index < -0.39 is 5.91 Å². The lowest BCUT2D eigenvalue weighted by Gasteiger charge is -2.18. The molecule has 0 radical (unpaired) electrons. The summed E-state index contributed by atoms with van der Waals surface area (Å²) < 4.78 is 5.21. The molecule has 7 heteroatoms. The second-order valence-electron chi connectivity index (χ2n) is 7.95. The molecule has 1 N–H and O–H groups in total. The van der Waals surface area contributed by atoms with Crippen molar-refractivity contribution in [3.05, 3.63) is 88.6 Å². The van der Waals surface area contributed by atoms with Crippen LogP contribution in [0.1, 0.15) is 11.1 Å². The van der Waals surface area contributed by atoms with Crippen molar-refractivity contribution in [1.29, 1.82) is 0 Å². The highest BCUT2D eigenvalue weighted by molar-refractivity contribution is 6.46. The normalized spacial score (nSPS) is 13.5. The highest BCUT2D eigenvalue weighted by Gasteiger charge is 2.40. The highest BCUT2D eigenvalue weighted by Crippen LogP contribution is 2.35. The van der Waals surface area contributed by atoms with E-state index in [0.29, 0.717) is 33.3 Å². The third-order valence-electron chi connectivity index (χ3n) is 5.47. The van der Waals surface area contributed by atoms with Gasteiger partial charge in [0, 0.05) is 25.5 Å². The minimum Gasteiger partial charge on any atom is -0.495 e. The number of imide groups is 1. The fourth-order valence-corrected chi connectivity index (χ4v) is 3.91. The maximum Gasteiger partial charge on any atom is 0.282 e. The molecule has 3 aromatic carbocycles. The summed E-state index contributed by atoms with van der Waals surface area (Å²) in [5.41, 5.74) is 4.27. The fraction of sp³-hybridized carbons (Fsp3) is 0.154. The number of nitrogens with zero attached hydrogens (tertiary/aromatic N) is 2. The van der Waals surface area contributed by atoms with E-state index in [4.69, 9.17) is 16.3 Å². The van der Waals surface area contributed by atoms with Crippen LogP contribution in [-0.4, -0.2) is 33.0 Å². The molecule has 4 rings (SSSR count). The summed E-state index contributed by atoms with van der Waals surface area (Å²) in [5, 5.41) is 3.52. The van der Waals surface area contributed by atoms with Crippen LogP contribution in [0.25, 0.3) is 5.57 Å². The molecule has 0 aromatic heterocycles. The topological polar surface area (TPSA) is 61.9 Å². The van der Waals surface area contributed by atoms with Crippen molar-refractivity contribution in [3.63, 3.8) is 0 Å². The van der Waals surface area contributed by atoms with Gasteiger partial charge in [-0.1, -0.05) is 41.4 Å². The van der Waals surface area contributed by atoms with Crippen molar-refractivity contribution in [2.75, 3.05) is 36.3 Å². The van der Waals surface area contributed by atoms with E-state index in [-0.39, 0.29) is 11.6 Å². The summed E-state index contributed by atoms with van der Waals surface area (Å²) >= 11 is 6.27. The van der Waals surface area contributed by atoms with Gasteiger partial charge in [0.15, 0.2) is 0 Å². The van der Waals surface area contributed by atoms with Crippen LogP contribution in [0.5, 0.6) is 5.75 Å². The van der Waals surface area contributed by atoms with Crippen molar-refractivity contribution < 1.29 is 14.3 Å². The van der Waals surface area contributed by atoms with Crippen LogP contribution in [0.2, 0.25) is 5.02 Å². The summed E-state index contributed by atoms with van der Waals surface area (Å²) in [6, 6.07) is 19.9. The van der Waals surface area contributed by atoms with E-state index in [1.807, 2.05) is 62.3 Å². The molecule has 2 amide bonds. The first kappa shape index (κ1) is 22.4. The molecule has 6 nitrogen and oxygen atoms in total. The number of aryl methyl sites for hydroxylation is 1. The summed E-state index contributed by atoms with van der Waals surface area (Å²) in [5.74, 6) is -0.296. The number of ether oxygens (including phenoxy) is 1. The third-order valence-corrected chi connectivity index (χ3v) is 5.76. The van der Waals surface area contributed by atoms with Crippen LogP contribution >= 0.6 is 11.6 Å². The van der Waals surface area contributed by atoms with Crippen molar-refractivity contribution in [3.8, 4) is 5.75 Å². The molecular weight excluding hydrogens is 438 g/mol. The second kappa shape index (κ2) is 9.00. The molecule has 3 aromatic rings. The van der Waals surface area contributed by atoms with Crippen LogP contribution in [0.15, 0.2) is 72.4 Å². The predicted octanol–water partition coefficient (Wildman–Crippen LogP) is 5.12. The van der Waals surface area contributed by atoms with Gasteiger partial charge in [0.2, 0.25) is 0 Å². The van der Waals surface area contributed by atoms with Gasteiger partial charge in [-0.3, -0.25) is 9.59 Å². The number of methoxy groups -OCH3 is 1. The molecular formula is C26H24ClN3O3. The van der Waals surface area contributed by atoms with E-state index in [1.165, 1.54) is 12.0 Å². The monoisotopic (exact) mass is 461 g/mol. The molecule has 1 aliphatic heterocycles. The molecule has 0 aliphatic carbocycles. The number of benzene rings is 3. The predicted molar refractivity (Wildman–Crippen MR) is 133 cm³/mol. The Morgan fingerprint density at radius 2 is 1.58 bits per heavy atom. The highest BCUT2D eigenvalue weighted by atomic mass is 35.5. The molecule has 0 unspecified atom stereocenters. The number of hydrogen-bond donors (Lipinski definition) is 1. The zero-order valence-electron chi connectivity index (χ0n) is 18.8. The molecule has 168 valence electrons. The lowest BCUT2D eigenvalue weighted by atomic mass is 10.0. The van der Waals surface area contributed by atoms with Gasteiger partial charge in [-0.05, 0) is 55.0 Å². The minimum absolute atomic E-state index is 0.196. The Hall–Kier alpha value is -3.77. The van der Waals surface area contributed by atoms with Crippen molar-refractivity contribution >= 4 is 46.1 Å². The minimum atomic E-state index is -0.430. The maximum atomic E-state index is 13.5. The lowest BCUT2D eigenvalue weighted by Crippen LogP contribution is -2.32. The SMILES string of the molecule is COc1ccc(NC2=C(c3ccc(C)cc3)C(=O)N(c3ccc(N(C)C)cc3)C2=O)cc1Cl. The number of nitrogens with one attached hydrogen (secondary N) is 1. The fourth-order valence-electron chi connectivity index (χ4n) is 3.66. The number of anilines is 3. The van der Waals surface area contributed by atoms with Gasteiger partial charge in [-0.15, -0.1) is 0 Å². The molecule has 0 spiro atoms. The van der Waals surface area contributed by atoms with Crippen molar-refractivity contribution in [2.45, 2.75) is 6.92 Å². The van der Waals surface area contributed by atoms with Crippen LogP contribution in [0.3, 0.4) is 0 Å². The largest absolute Gasteiger partial charge is 0.495 e. The summed E-state index contributed by atoms with van der Waals surface area (Å²) in [6.45, 7) is 1.97. The number of carbonyl (C=O) groups excluding carboxylic acids is 2. The van der Waals surface area contributed by atoms with Crippen molar-refractivity contribution in [2.24, 2.45) is 0 Å². The smallest absolute Gasteiger partial charge is 0.282 e. The van der Waals surface area contributed by atoms with Gasteiger partial charge in [-0.2, -0.15) is 0 Å². The molecule has 0 fully saturated rings. The average Bonchev–Trinajstić information content (AvgIpc) is 3.04. The first-order chi connectivity index (χ1) is 15.8. The number of amides is 2. The summed E-state index contributed by atoms with van der Waals surface area (Å²) in [6.07, 6.45) is 0. The Kier molecular flexibility index (Phi) is 6.11. The van der Waals surface area contributed by atoms with E-state index in [1.54, 1.807) is 30.3 Å². The lowest BCUT2D eigenvalue weighted by molar-refractivity contribution is -0.120. The first-order valence-electron chi connectivity index (χ1n) is 10.4. The standard InChI is InChI=1S/C26H24ClN3O3/c1-16-5-7-17(8-6-16)23-24(28-18-9-14-22(33-4)21(27)15-18)26(32)30(25(23)31)20-12-10-19(11-13-20)29(2)3/h5-15,28H,1-4H3. The average molecular weight is 462 g/mol. The molecule has 0 atom stereocenters. The van der Waals surface area contributed by atoms with Crippen LogP contribution in [-0.2, 0) is 9.59 Å².